The third kappa shape index (κ3) is 5.02. The molecule has 1 amide bonds. The lowest BCUT2D eigenvalue weighted by Gasteiger charge is -2.14. The van der Waals surface area contributed by atoms with Gasteiger partial charge in [0.05, 0.1) is 18.6 Å². The van der Waals surface area contributed by atoms with Crippen LogP contribution in [0.5, 0.6) is 5.75 Å². The summed E-state index contributed by atoms with van der Waals surface area (Å²) < 4.78 is 7.70. The van der Waals surface area contributed by atoms with Gasteiger partial charge >= 0.3 is 0 Å². The van der Waals surface area contributed by atoms with Gasteiger partial charge in [-0.25, -0.2) is 4.68 Å². The van der Waals surface area contributed by atoms with Crippen LogP contribution in [-0.2, 0) is 4.79 Å². The van der Waals surface area contributed by atoms with E-state index in [9.17, 15) is 4.79 Å². The zero-order chi connectivity index (χ0) is 20.1. The second kappa shape index (κ2) is 9.07. The zero-order valence-electron chi connectivity index (χ0n) is 16.0. The van der Waals surface area contributed by atoms with Crippen molar-refractivity contribution in [2.45, 2.75) is 36.4 Å². The summed E-state index contributed by atoms with van der Waals surface area (Å²) in [6.45, 7) is 5.87. The molecule has 0 bridgehead atoms. The van der Waals surface area contributed by atoms with Crippen molar-refractivity contribution in [3.63, 3.8) is 0 Å². The number of benzene rings is 1. The van der Waals surface area contributed by atoms with Crippen LogP contribution in [0.4, 0.5) is 16.6 Å². The average molecular weight is 419 g/mol. The molecule has 0 unspecified atom stereocenters. The van der Waals surface area contributed by atoms with E-state index in [0.29, 0.717) is 15.3 Å². The number of carbonyl (C=O) groups is 1. The molecule has 3 rings (SSSR count). The molecule has 10 heteroatoms. The first-order valence-corrected chi connectivity index (χ1v) is 10.4. The summed E-state index contributed by atoms with van der Waals surface area (Å²) in [5.41, 5.74) is 0.861. The topological polar surface area (TPSA) is 94.0 Å². The standard InChI is InChI=1S/C18H22N6O2S2/c1-11(2)24-15(8-9-19-24)21-16(25)12(3)27-18-23-22-17(28-18)20-13-6-5-7-14(10-13)26-4/h5-12H,1-4H3,(H,20,22)(H,21,25)/t12-/m0/s1. The van der Waals surface area contributed by atoms with Gasteiger partial charge in [0.15, 0.2) is 4.34 Å². The summed E-state index contributed by atoms with van der Waals surface area (Å²) in [6, 6.07) is 9.52. The second-order valence-corrected chi connectivity index (χ2v) is 8.80. The number of ether oxygens (including phenoxy) is 1. The van der Waals surface area contributed by atoms with Gasteiger partial charge in [-0.3, -0.25) is 4.79 Å². The van der Waals surface area contributed by atoms with Gasteiger partial charge in [-0.05, 0) is 32.9 Å². The monoisotopic (exact) mass is 418 g/mol. The summed E-state index contributed by atoms with van der Waals surface area (Å²) in [5.74, 6) is 1.34. The Kier molecular flexibility index (Phi) is 6.53. The number of nitrogens with zero attached hydrogens (tertiary/aromatic N) is 4. The van der Waals surface area contributed by atoms with Crippen molar-refractivity contribution in [3.8, 4) is 5.75 Å². The molecule has 0 fully saturated rings. The summed E-state index contributed by atoms with van der Waals surface area (Å²) in [6.07, 6.45) is 1.68. The molecule has 8 nitrogen and oxygen atoms in total. The fourth-order valence-corrected chi connectivity index (χ4v) is 4.31. The predicted octanol–water partition coefficient (Wildman–Crippen LogP) is 4.19. The fourth-order valence-electron chi connectivity index (χ4n) is 2.39. The van der Waals surface area contributed by atoms with Crippen LogP contribution in [0.25, 0.3) is 0 Å². The third-order valence-corrected chi connectivity index (χ3v) is 5.81. The molecule has 0 aliphatic rings. The molecular formula is C18H22N6O2S2. The number of hydrogen-bond acceptors (Lipinski definition) is 8. The van der Waals surface area contributed by atoms with E-state index in [4.69, 9.17) is 4.74 Å². The van der Waals surface area contributed by atoms with Gasteiger partial charge in [-0.2, -0.15) is 5.10 Å². The van der Waals surface area contributed by atoms with Gasteiger partial charge < -0.3 is 15.4 Å². The van der Waals surface area contributed by atoms with Crippen molar-refractivity contribution < 1.29 is 9.53 Å². The average Bonchev–Trinajstić information content (AvgIpc) is 3.31. The van der Waals surface area contributed by atoms with Crippen LogP contribution in [0.3, 0.4) is 0 Å². The minimum Gasteiger partial charge on any atom is -0.497 e. The van der Waals surface area contributed by atoms with Crippen molar-refractivity contribution in [1.82, 2.24) is 20.0 Å². The molecule has 2 N–H and O–H groups in total. The third-order valence-electron chi connectivity index (χ3n) is 3.78. The maximum atomic E-state index is 12.5. The van der Waals surface area contributed by atoms with E-state index in [0.717, 1.165) is 11.4 Å². The van der Waals surface area contributed by atoms with Crippen molar-refractivity contribution in [2.75, 3.05) is 17.7 Å². The number of amides is 1. The van der Waals surface area contributed by atoms with Crippen molar-refractivity contribution in [2.24, 2.45) is 0 Å². The number of thioether (sulfide) groups is 1. The van der Waals surface area contributed by atoms with Crippen LogP contribution in [0, 0.1) is 0 Å². The van der Waals surface area contributed by atoms with Crippen LogP contribution in [-0.4, -0.2) is 38.2 Å². The molecule has 148 valence electrons. The Morgan fingerprint density at radius 2 is 2.07 bits per heavy atom. The smallest absolute Gasteiger partial charge is 0.238 e. The SMILES string of the molecule is COc1cccc(Nc2nnc(S[C@@H](C)C(=O)Nc3ccnn3C(C)C)s2)c1. The Balaban J connectivity index is 1.59. The van der Waals surface area contributed by atoms with Gasteiger partial charge in [-0.1, -0.05) is 29.2 Å². The zero-order valence-corrected chi connectivity index (χ0v) is 17.7. The van der Waals surface area contributed by atoms with Crippen LogP contribution in [0.15, 0.2) is 40.9 Å². The Bertz CT molecular complexity index is 940. The Morgan fingerprint density at radius 1 is 1.25 bits per heavy atom. The molecule has 0 spiro atoms. The van der Waals surface area contributed by atoms with E-state index in [-0.39, 0.29) is 17.2 Å². The molecule has 0 aliphatic carbocycles. The molecular weight excluding hydrogens is 396 g/mol. The van der Waals surface area contributed by atoms with Crippen LogP contribution >= 0.6 is 23.1 Å². The van der Waals surface area contributed by atoms with Crippen LogP contribution < -0.4 is 15.4 Å². The molecule has 2 heterocycles. The Morgan fingerprint density at radius 3 is 2.82 bits per heavy atom. The minimum atomic E-state index is -0.326. The van der Waals surface area contributed by atoms with E-state index in [1.54, 1.807) is 24.1 Å². The molecule has 2 aromatic heterocycles. The highest BCUT2D eigenvalue weighted by molar-refractivity contribution is 8.02. The minimum absolute atomic E-state index is 0.107. The van der Waals surface area contributed by atoms with Crippen molar-refractivity contribution in [3.05, 3.63) is 36.5 Å². The van der Waals surface area contributed by atoms with Gasteiger partial charge in [0.2, 0.25) is 11.0 Å². The molecule has 0 saturated carbocycles. The molecule has 0 radical (unpaired) electrons. The highest BCUT2D eigenvalue weighted by atomic mass is 32.2. The Labute approximate surface area is 171 Å². The first kappa shape index (κ1) is 20.2. The maximum Gasteiger partial charge on any atom is 0.238 e. The number of nitrogens with one attached hydrogen (secondary N) is 2. The van der Waals surface area contributed by atoms with Gasteiger partial charge in [0, 0.05) is 23.9 Å². The number of anilines is 3. The van der Waals surface area contributed by atoms with Gasteiger partial charge in [0.1, 0.15) is 11.6 Å². The van der Waals surface area contributed by atoms with Crippen molar-refractivity contribution in [1.29, 1.82) is 0 Å². The largest absolute Gasteiger partial charge is 0.497 e. The lowest BCUT2D eigenvalue weighted by atomic mass is 10.3. The lowest BCUT2D eigenvalue weighted by Crippen LogP contribution is -2.24. The molecule has 3 aromatic rings. The van der Waals surface area contributed by atoms with E-state index < -0.39 is 0 Å². The number of hydrogen-bond donors (Lipinski definition) is 2. The number of methoxy groups -OCH3 is 1. The fraction of sp³-hybridized carbons (Fsp3) is 0.333. The molecule has 1 aromatic carbocycles. The summed E-state index contributed by atoms with van der Waals surface area (Å²) in [7, 11) is 1.62. The van der Waals surface area contributed by atoms with E-state index >= 15 is 0 Å². The predicted molar refractivity (Wildman–Crippen MR) is 113 cm³/mol. The van der Waals surface area contributed by atoms with Gasteiger partial charge in [-0.15, -0.1) is 10.2 Å². The number of carbonyl (C=O) groups excluding carboxylic acids is 1. The maximum absolute atomic E-state index is 12.5. The Hall–Kier alpha value is -2.59. The summed E-state index contributed by atoms with van der Waals surface area (Å²) in [4.78, 5) is 12.5. The first-order chi connectivity index (χ1) is 13.5. The molecule has 1 atom stereocenters. The highest BCUT2D eigenvalue weighted by Crippen LogP contribution is 2.31. The van der Waals surface area contributed by atoms with Gasteiger partial charge in [0.25, 0.3) is 0 Å². The van der Waals surface area contributed by atoms with Crippen molar-refractivity contribution >= 4 is 45.6 Å². The highest BCUT2D eigenvalue weighted by Gasteiger charge is 2.19. The normalized spacial score (nSPS) is 12.0. The number of rotatable bonds is 8. The summed E-state index contributed by atoms with van der Waals surface area (Å²) in [5, 5.41) is 19.0. The van der Waals surface area contributed by atoms with E-state index in [1.165, 1.54) is 23.1 Å². The lowest BCUT2D eigenvalue weighted by molar-refractivity contribution is -0.115. The van der Waals surface area contributed by atoms with E-state index in [1.807, 2.05) is 45.0 Å². The second-order valence-electron chi connectivity index (χ2n) is 6.23. The van der Waals surface area contributed by atoms with Crippen LogP contribution in [0.2, 0.25) is 0 Å². The summed E-state index contributed by atoms with van der Waals surface area (Å²) >= 11 is 2.76. The number of aromatic nitrogens is 4. The molecule has 0 aliphatic heterocycles. The quantitative estimate of drug-likeness (QED) is 0.530. The molecule has 28 heavy (non-hydrogen) atoms. The molecule has 0 saturated heterocycles. The van der Waals surface area contributed by atoms with Crippen LogP contribution in [0.1, 0.15) is 26.8 Å². The van der Waals surface area contributed by atoms with E-state index in [2.05, 4.69) is 25.9 Å². The first-order valence-electron chi connectivity index (χ1n) is 8.72.